The molecule has 5 heteroatoms. The summed E-state index contributed by atoms with van der Waals surface area (Å²) in [4.78, 5) is 26.7. The van der Waals surface area contributed by atoms with E-state index in [-0.39, 0.29) is 17.9 Å². The minimum absolute atomic E-state index is 0.0438. The molecule has 2 aliphatic rings. The highest BCUT2D eigenvalue weighted by Crippen LogP contribution is 2.37. The third-order valence-electron chi connectivity index (χ3n) is 5.73. The molecule has 1 saturated carbocycles. The zero-order valence-electron chi connectivity index (χ0n) is 17.1. The lowest BCUT2D eigenvalue weighted by molar-refractivity contribution is -0.131. The maximum Gasteiger partial charge on any atom is 0.261 e. The molecule has 0 unspecified atom stereocenters. The van der Waals surface area contributed by atoms with Gasteiger partial charge in [-0.05, 0) is 54.5 Å². The van der Waals surface area contributed by atoms with Crippen LogP contribution in [0.5, 0.6) is 5.75 Å². The van der Waals surface area contributed by atoms with Gasteiger partial charge in [-0.2, -0.15) is 0 Å². The van der Waals surface area contributed by atoms with E-state index >= 15 is 0 Å². The number of rotatable bonds is 6. The van der Waals surface area contributed by atoms with E-state index in [4.69, 9.17) is 4.74 Å². The molecule has 2 amide bonds. The van der Waals surface area contributed by atoms with Crippen molar-refractivity contribution in [1.29, 1.82) is 0 Å². The standard InChI is InChI=1S/C24H28N2O3/c1-3-22(24(28)25-19-10-11-19)29-20-12-9-17-13-14-26(16(2)27)23(21(17)15-20)18-7-5-4-6-8-18/h4-9,12,15,19,22-23H,3,10-11,13-14H2,1-2H3,(H,25,28)/t22-,23-/m0/s1. The van der Waals surface area contributed by atoms with E-state index in [2.05, 4.69) is 23.5 Å². The molecule has 5 nitrogen and oxygen atoms in total. The van der Waals surface area contributed by atoms with Crippen LogP contribution in [-0.2, 0) is 16.0 Å². The van der Waals surface area contributed by atoms with Crippen LogP contribution < -0.4 is 10.1 Å². The highest BCUT2D eigenvalue weighted by Gasteiger charge is 2.32. The topological polar surface area (TPSA) is 58.6 Å². The first-order valence-electron chi connectivity index (χ1n) is 10.5. The third kappa shape index (κ3) is 4.29. The lowest BCUT2D eigenvalue weighted by Gasteiger charge is -2.37. The largest absolute Gasteiger partial charge is 0.481 e. The molecule has 2 atom stereocenters. The zero-order valence-corrected chi connectivity index (χ0v) is 17.1. The first-order valence-corrected chi connectivity index (χ1v) is 10.5. The van der Waals surface area contributed by atoms with Crippen molar-refractivity contribution in [2.24, 2.45) is 0 Å². The fourth-order valence-corrected chi connectivity index (χ4v) is 4.01. The summed E-state index contributed by atoms with van der Waals surface area (Å²) in [7, 11) is 0. The molecule has 1 fully saturated rings. The molecular formula is C24H28N2O3. The lowest BCUT2D eigenvalue weighted by Crippen LogP contribution is -2.40. The van der Waals surface area contributed by atoms with Crippen molar-refractivity contribution in [2.75, 3.05) is 6.54 Å². The average Bonchev–Trinajstić information content (AvgIpc) is 3.55. The SMILES string of the molecule is CC[C@H](Oc1ccc2c(c1)[C@H](c1ccccc1)N(C(C)=O)CC2)C(=O)NC1CC1. The van der Waals surface area contributed by atoms with E-state index in [0.717, 1.165) is 30.4 Å². The van der Waals surface area contributed by atoms with Gasteiger partial charge in [0.15, 0.2) is 6.10 Å². The smallest absolute Gasteiger partial charge is 0.261 e. The summed E-state index contributed by atoms with van der Waals surface area (Å²) in [6, 6.07) is 16.3. The van der Waals surface area contributed by atoms with Gasteiger partial charge < -0.3 is 15.0 Å². The van der Waals surface area contributed by atoms with Crippen molar-refractivity contribution < 1.29 is 14.3 Å². The maximum absolute atomic E-state index is 12.5. The summed E-state index contributed by atoms with van der Waals surface area (Å²) in [5.74, 6) is 0.691. The molecule has 0 spiro atoms. The van der Waals surface area contributed by atoms with E-state index in [1.807, 2.05) is 42.2 Å². The average molecular weight is 392 g/mol. The van der Waals surface area contributed by atoms with E-state index in [9.17, 15) is 9.59 Å². The van der Waals surface area contributed by atoms with Gasteiger partial charge >= 0.3 is 0 Å². The van der Waals surface area contributed by atoms with Crippen LogP contribution in [0.2, 0.25) is 0 Å². The highest BCUT2D eigenvalue weighted by molar-refractivity contribution is 5.81. The summed E-state index contributed by atoms with van der Waals surface area (Å²) in [6.45, 7) is 4.28. The summed E-state index contributed by atoms with van der Waals surface area (Å²) >= 11 is 0. The lowest BCUT2D eigenvalue weighted by atomic mass is 9.88. The van der Waals surface area contributed by atoms with Crippen molar-refractivity contribution in [3.63, 3.8) is 0 Å². The Kier molecular flexibility index (Phi) is 5.56. The van der Waals surface area contributed by atoms with Crippen molar-refractivity contribution >= 4 is 11.8 Å². The molecule has 0 aromatic heterocycles. The molecular weight excluding hydrogens is 364 g/mol. The fraction of sp³-hybridized carbons (Fsp3) is 0.417. The second kappa shape index (κ2) is 8.27. The molecule has 1 heterocycles. The van der Waals surface area contributed by atoms with Crippen LogP contribution in [0.15, 0.2) is 48.5 Å². The summed E-state index contributed by atoms with van der Waals surface area (Å²) in [6.07, 6.45) is 3.03. The molecule has 4 rings (SSSR count). The quantitative estimate of drug-likeness (QED) is 0.817. The normalized spacial score (nSPS) is 19.2. The molecule has 0 saturated heterocycles. The van der Waals surface area contributed by atoms with E-state index in [1.54, 1.807) is 6.92 Å². The first kappa shape index (κ1) is 19.5. The van der Waals surface area contributed by atoms with Gasteiger partial charge in [0.25, 0.3) is 5.91 Å². The molecule has 1 aliphatic heterocycles. The monoisotopic (exact) mass is 392 g/mol. The van der Waals surface area contributed by atoms with Crippen LogP contribution in [0.1, 0.15) is 55.8 Å². The van der Waals surface area contributed by atoms with Gasteiger partial charge in [-0.3, -0.25) is 9.59 Å². The van der Waals surface area contributed by atoms with E-state index < -0.39 is 6.10 Å². The second-order valence-corrected chi connectivity index (χ2v) is 7.93. The van der Waals surface area contributed by atoms with Crippen LogP contribution in [0.25, 0.3) is 0 Å². The Morgan fingerprint density at radius 2 is 1.93 bits per heavy atom. The summed E-state index contributed by atoms with van der Waals surface area (Å²) in [5.41, 5.74) is 3.38. The molecule has 0 radical (unpaired) electrons. The van der Waals surface area contributed by atoms with Crippen molar-refractivity contribution in [2.45, 2.75) is 57.7 Å². The van der Waals surface area contributed by atoms with Gasteiger partial charge in [-0.15, -0.1) is 0 Å². The Morgan fingerprint density at radius 1 is 1.17 bits per heavy atom. The molecule has 1 N–H and O–H groups in total. The Balaban J connectivity index is 1.64. The van der Waals surface area contributed by atoms with Gasteiger partial charge in [-0.25, -0.2) is 0 Å². The van der Waals surface area contributed by atoms with Gasteiger partial charge in [0, 0.05) is 19.5 Å². The predicted octanol–water partition coefficient (Wildman–Crippen LogP) is 3.62. The summed E-state index contributed by atoms with van der Waals surface area (Å²) in [5, 5.41) is 3.03. The van der Waals surface area contributed by atoms with Gasteiger partial charge in [-0.1, -0.05) is 43.3 Å². The summed E-state index contributed by atoms with van der Waals surface area (Å²) < 4.78 is 6.08. The third-order valence-corrected chi connectivity index (χ3v) is 5.73. The second-order valence-electron chi connectivity index (χ2n) is 7.93. The predicted molar refractivity (Wildman–Crippen MR) is 112 cm³/mol. The van der Waals surface area contributed by atoms with Crippen LogP contribution >= 0.6 is 0 Å². The molecule has 2 aromatic rings. The highest BCUT2D eigenvalue weighted by atomic mass is 16.5. The number of hydrogen-bond acceptors (Lipinski definition) is 3. The Morgan fingerprint density at radius 3 is 2.59 bits per heavy atom. The van der Waals surface area contributed by atoms with Crippen LogP contribution in [0.3, 0.4) is 0 Å². The van der Waals surface area contributed by atoms with Crippen molar-refractivity contribution in [3.8, 4) is 5.75 Å². The number of nitrogens with zero attached hydrogens (tertiary/aromatic N) is 1. The van der Waals surface area contributed by atoms with Crippen molar-refractivity contribution in [3.05, 3.63) is 65.2 Å². The molecule has 29 heavy (non-hydrogen) atoms. The first-order chi connectivity index (χ1) is 14.1. The number of ether oxygens (including phenoxy) is 1. The van der Waals surface area contributed by atoms with Crippen LogP contribution in [0, 0.1) is 0 Å². The molecule has 0 bridgehead atoms. The molecule has 152 valence electrons. The molecule has 2 aromatic carbocycles. The number of fused-ring (bicyclic) bond motifs is 1. The molecule has 1 aliphatic carbocycles. The Labute approximate surface area is 172 Å². The van der Waals surface area contributed by atoms with E-state index in [0.29, 0.717) is 24.8 Å². The number of benzene rings is 2. The van der Waals surface area contributed by atoms with Crippen molar-refractivity contribution in [1.82, 2.24) is 10.2 Å². The fourth-order valence-electron chi connectivity index (χ4n) is 4.01. The Hall–Kier alpha value is -2.82. The van der Waals surface area contributed by atoms with Crippen LogP contribution in [0.4, 0.5) is 0 Å². The number of nitrogens with one attached hydrogen (secondary N) is 1. The van der Waals surface area contributed by atoms with Gasteiger partial charge in [0.05, 0.1) is 6.04 Å². The number of carbonyl (C=O) groups is 2. The number of amides is 2. The maximum atomic E-state index is 12.5. The zero-order chi connectivity index (χ0) is 20.4. The minimum atomic E-state index is -0.503. The number of carbonyl (C=O) groups excluding carboxylic acids is 2. The number of hydrogen-bond donors (Lipinski definition) is 1. The van der Waals surface area contributed by atoms with Crippen LogP contribution in [-0.4, -0.2) is 35.4 Å². The Bertz CT molecular complexity index is 892. The minimum Gasteiger partial charge on any atom is -0.481 e. The van der Waals surface area contributed by atoms with Gasteiger partial charge in [0.1, 0.15) is 5.75 Å². The van der Waals surface area contributed by atoms with Gasteiger partial charge in [0.2, 0.25) is 5.91 Å². The van der Waals surface area contributed by atoms with E-state index in [1.165, 1.54) is 5.56 Å².